The zero-order chi connectivity index (χ0) is 25.3. The fourth-order valence-electron chi connectivity index (χ4n) is 3.41. The first kappa shape index (κ1) is 27.7. The first-order valence-electron chi connectivity index (χ1n) is 11.2. The van der Waals surface area contributed by atoms with Crippen LogP contribution in [0.1, 0.15) is 33.4 Å². The number of hydrogen-bond acceptors (Lipinski definition) is 7. The topological polar surface area (TPSA) is 94.0 Å². The summed E-state index contributed by atoms with van der Waals surface area (Å²) < 4.78 is 21.9. The Balaban J connectivity index is 1.91. The predicted molar refractivity (Wildman–Crippen MR) is 150 cm³/mol. The zero-order valence-corrected chi connectivity index (χ0v) is 25.2. The molecule has 1 fully saturated rings. The van der Waals surface area contributed by atoms with Crippen molar-refractivity contribution in [1.29, 1.82) is 0 Å². The SMILES string of the molecule is CSCOC1C[C@H](n2cc(I)c3c(=O)[nH]c(/N=C\N(C)C)nc32)O[C@@H]1CO[Si](C)(C)C(C)(C)C. The summed E-state index contributed by atoms with van der Waals surface area (Å²) in [6.45, 7) is 11.6. The highest BCUT2D eigenvalue weighted by Crippen LogP contribution is 2.39. The van der Waals surface area contributed by atoms with E-state index in [0.717, 1.165) is 3.57 Å². The molecule has 1 saturated heterocycles. The summed E-state index contributed by atoms with van der Waals surface area (Å²) in [6, 6.07) is 0. The van der Waals surface area contributed by atoms with Crippen LogP contribution in [0, 0.1) is 3.57 Å². The molecule has 0 radical (unpaired) electrons. The van der Waals surface area contributed by atoms with Gasteiger partial charge in [0, 0.05) is 30.3 Å². The van der Waals surface area contributed by atoms with Gasteiger partial charge >= 0.3 is 0 Å². The molecule has 1 N–H and O–H groups in total. The molecule has 0 saturated carbocycles. The highest BCUT2D eigenvalue weighted by atomic mass is 127. The number of ether oxygens (including phenoxy) is 2. The summed E-state index contributed by atoms with van der Waals surface area (Å²) in [5.74, 6) is 0.843. The minimum atomic E-state index is -1.93. The number of H-pyrrole nitrogens is 1. The molecule has 12 heteroatoms. The number of nitrogens with one attached hydrogen (secondary N) is 1. The van der Waals surface area contributed by atoms with Gasteiger partial charge in [-0.1, -0.05) is 20.8 Å². The largest absolute Gasteiger partial charge is 0.414 e. The van der Waals surface area contributed by atoms with Gasteiger partial charge in [-0.15, -0.1) is 11.8 Å². The smallest absolute Gasteiger partial charge is 0.262 e. The molecule has 0 amide bonds. The van der Waals surface area contributed by atoms with Gasteiger partial charge < -0.3 is 23.4 Å². The van der Waals surface area contributed by atoms with Crippen LogP contribution in [0.2, 0.25) is 18.1 Å². The Hall–Kier alpha value is -0.933. The third-order valence-corrected chi connectivity index (χ3v) is 12.0. The zero-order valence-electron chi connectivity index (χ0n) is 21.2. The van der Waals surface area contributed by atoms with Crippen molar-refractivity contribution in [3.05, 3.63) is 20.1 Å². The van der Waals surface area contributed by atoms with Crippen LogP contribution in [0.5, 0.6) is 0 Å². The van der Waals surface area contributed by atoms with Crippen molar-refractivity contribution >= 4 is 66.0 Å². The number of aromatic amines is 1. The molecule has 1 unspecified atom stereocenters. The highest BCUT2D eigenvalue weighted by Gasteiger charge is 2.42. The maximum Gasteiger partial charge on any atom is 0.262 e. The van der Waals surface area contributed by atoms with Gasteiger partial charge in [-0.05, 0) is 47.0 Å². The lowest BCUT2D eigenvalue weighted by atomic mass is 10.2. The summed E-state index contributed by atoms with van der Waals surface area (Å²) >= 11 is 3.81. The van der Waals surface area contributed by atoms with Crippen LogP contribution in [0.25, 0.3) is 11.0 Å². The normalized spacial score (nSPS) is 21.7. The monoisotopic (exact) mass is 621 g/mol. The molecule has 9 nitrogen and oxygen atoms in total. The molecular formula is C22H36IN5O4SSi. The Morgan fingerprint density at radius 2 is 2.15 bits per heavy atom. The molecule has 0 spiro atoms. The second-order valence-electron chi connectivity index (χ2n) is 10.2. The first-order chi connectivity index (χ1) is 15.8. The molecule has 34 heavy (non-hydrogen) atoms. The number of halogens is 1. The molecule has 2 aromatic rings. The molecule has 0 aliphatic carbocycles. The lowest BCUT2D eigenvalue weighted by Crippen LogP contribution is -2.44. The summed E-state index contributed by atoms with van der Waals surface area (Å²) in [4.78, 5) is 26.2. The molecule has 1 aliphatic heterocycles. The molecule has 190 valence electrons. The van der Waals surface area contributed by atoms with E-state index in [4.69, 9.17) is 13.9 Å². The lowest BCUT2D eigenvalue weighted by Gasteiger charge is -2.37. The van der Waals surface area contributed by atoms with Crippen molar-refractivity contribution in [1.82, 2.24) is 19.4 Å². The minimum Gasteiger partial charge on any atom is -0.414 e. The second kappa shape index (κ2) is 11.0. The van der Waals surface area contributed by atoms with Crippen molar-refractivity contribution in [2.24, 2.45) is 4.99 Å². The van der Waals surface area contributed by atoms with Gasteiger partial charge in [0.15, 0.2) is 14.0 Å². The van der Waals surface area contributed by atoms with Crippen LogP contribution < -0.4 is 5.56 Å². The Morgan fingerprint density at radius 1 is 1.44 bits per heavy atom. The number of rotatable bonds is 9. The standard InChI is InChI=1S/C22H36IN5O4SSi/c1-22(2,3)34(7,8)31-11-16-15(30-13-33-6)9-17(32-16)28-10-14(23)18-19(28)25-21(26-20(18)29)24-12-27(4)5/h10,12,15-17H,9,11,13H2,1-8H3,(H,25,26,29)/b24-12-/t15?,16-,17-/m1/s1. The summed E-state index contributed by atoms with van der Waals surface area (Å²) in [5, 5.41) is 0.650. The van der Waals surface area contributed by atoms with E-state index in [1.54, 1.807) is 23.0 Å². The van der Waals surface area contributed by atoms with Crippen LogP contribution in [-0.4, -0.2) is 79.2 Å². The van der Waals surface area contributed by atoms with Crippen LogP contribution in [0.4, 0.5) is 5.95 Å². The first-order valence-corrected chi connectivity index (χ1v) is 16.6. The van der Waals surface area contributed by atoms with Crippen LogP contribution in [-0.2, 0) is 13.9 Å². The highest BCUT2D eigenvalue weighted by molar-refractivity contribution is 14.1. The molecule has 3 atom stereocenters. The van der Waals surface area contributed by atoms with Crippen molar-refractivity contribution in [2.45, 2.75) is 63.8 Å². The van der Waals surface area contributed by atoms with E-state index in [-0.39, 0.29) is 35.0 Å². The van der Waals surface area contributed by atoms with E-state index in [1.807, 2.05) is 31.1 Å². The average Bonchev–Trinajstić information content (AvgIpc) is 3.29. The number of fused-ring (bicyclic) bond motifs is 1. The van der Waals surface area contributed by atoms with Crippen LogP contribution in [0.15, 0.2) is 16.0 Å². The summed E-state index contributed by atoms with van der Waals surface area (Å²) in [5.41, 5.74) is 0.337. The average molecular weight is 622 g/mol. The van der Waals surface area contributed by atoms with E-state index < -0.39 is 8.32 Å². The van der Waals surface area contributed by atoms with Gasteiger partial charge in [0.1, 0.15) is 12.3 Å². The third-order valence-electron chi connectivity index (χ3n) is 6.34. The van der Waals surface area contributed by atoms with Gasteiger partial charge in [0.2, 0.25) is 5.95 Å². The Labute approximate surface area is 220 Å². The lowest BCUT2D eigenvalue weighted by molar-refractivity contribution is -0.0506. The van der Waals surface area contributed by atoms with Crippen molar-refractivity contribution in [3.63, 3.8) is 0 Å². The fourth-order valence-corrected chi connectivity index (χ4v) is 5.52. The third kappa shape index (κ3) is 6.24. The van der Waals surface area contributed by atoms with E-state index in [2.05, 4.69) is 71.4 Å². The van der Waals surface area contributed by atoms with E-state index >= 15 is 0 Å². The van der Waals surface area contributed by atoms with E-state index in [1.165, 1.54) is 0 Å². The van der Waals surface area contributed by atoms with Gasteiger partial charge in [0.25, 0.3) is 5.56 Å². The molecular weight excluding hydrogens is 585 g/mol. The summed E-state index contributed by atoms with van der Waals surface area (Å²) in [6.07, 6.45) is 5.57. The van der Waals surface area contributed by atoms with Gasteiger partial charge in [0.05, 0.1) is 30.4 Å². The van der Waals surface area contributed by atoms with Gasteiger partial charge in [-0.3, -0.25) is 9.78 Å². The maximum absolute atomic E-state index is 12.8. The number of aromatic nitrogens is 3. The molecule has 1 aliphatic rings. The van der Waals surface area contributed by atoms with Gasteiger partial charge in [-0.25, -0.2) is 4.99 Å². The van der Waals surface area contributed by atoms with E-state index in [9.17, 15) is 4.79 Å². The van der Waals surface area contributed by atoms with E-state index in [0.29, 0.717) is 30.0 Å². The Morgan fingerprint density at radius 3 is 2.76 bits per heavy atom. The van der Waals surface area contributed by atoms with Crippen molar-refractivity contribution < 1.29 is 13.9 Å². The molecule has 3 heterocycles. The maximum atomic E-state index is 12.8. The van der Waals surface area contributed by atoms with Crippen molar-refractivity contribution in [2.75, 3.05) is 32.9 Å². The predicted octanol–water partition coefficient (Wildman–Crippen LogP) is 4.57. The number of nitrogens with zero attached hydrogens (tertiary/aromatic N) is 4. The van der Waals surface area contributed by atoms with Crippen molar-refractivity contribution in [3.8, 4) is 0 Å². The molecule has 3 rings (SSSR count). The Bertz CT molecular complexity index is 1080. The minimum absolute atomic E-state index is 0.106. The van der Waals surface area contributed by atoms with Crippen LogP contribution in [0.3, 0.4) is 0 Å². The van der Waals surface area contributed by atoms with Gasteiger partial charge in [-0.2, -0.15) is 4.98 Å². The number of hydrogen-bond donors (Lipinski definition) is 1. The van der Waals surface area contributed by atoms with Crippen LogP contribution >= 0.6 is 34.4 Å². The fraction of sp³-hybridized carbons (Fsp3) is 0.682. The number of thioether (sulfide) groups is 1. The Kier molecular flexibility index (Phi) is 8.94. The number of aliphatic imine (C=N–C) groups is 1. The molecule has 0 bridgehead atoms. The molecule has 2 aromatic heterocycles. The second-order valence-corrected chi connectivity index (χ2v) is 17.0. The molecule has 0 aromatic carbocycles. The quantitative estimate of drug-likeness (QED) is 0.144. The summed E-state index contributed by atoms with van der Waals surface area (Å²) in [7, 11) is 1.79.